The number of methoxy groups -OCH3 is 1. The number of carboxylic acids is 1. The molecule has 0 spiro atoms. The number of aliphatic carboxylic acids is 1. The highest BCUT2D eigenvalue weighted by molar-refractivity contribution is 5.74. The van der Waals surface area contributed by atoms with Crippen molar-refractivity contribution in [2.24, 2.45) is 0 Å². The van der Waals surface area contributed by atoms with Crippen LogP contribution in [-0.2, 0) is 17.9 Å². The van der Waals surface area contributed by atoms with Gasteiger partial charge in [0.15, 0.2) is 0 Å². The second kappa shape index (κ2) is 7.02. The lowest BCUT2D eigenvalue weighted by atomic mass is 10.1. The van der Waals surface area contributed by atoms with Gasteiger partial charge < -0.3 is 14.9 Å². The summed E-state index contributed by atoms with van der Waals surface area (Å²) in [4.78, 5) is 13.1. The van der Waals surface area contributed by atoms with Gasteiger partial charge in [0.05, 0.1) is 19.8 Å². The summed E-state index contributed by atoms with van der Waals surface area (Å²) in [6, 6.07) is 7.03. The molecule has 1 aromatic heterocycles. The highest BCUT2D eigenvalue weighted by Crippen LogP contribution is 2.25. The van der Waals surface area contributed by atoms with Gasteiger partial charge in [-0.2, -0.15) is 5.10 Å². The zero-order valence-electron chi connectivity index (χ0n) is 13.5. The van der Waals surface area contributed by atoms with E-state index in [1.807, 2.05) is 30.5 Å². The molecule has 1 aliphatic rings. The molecule has 2 heterocycles. The van der Waals surface area contributed by atoms with Crippen LogP contribution in [-0.4, -0.2) is 56.7 Å². The Hall–Kier alpha value is -2.38. The minimum atomic E-state index is -0.892. The molecule has 0 unspecified atom stereocenters. The van der Waals surface area contributed by atoms with E-state index in [9.17, 15) is 15.0 Å². The van der Waals surface area contributed by atoms with Gasteiger partial charge in [0, 0.05) is 37.5 Å². The monoisotopic (exact) mass is 331 g/mol. The van der Waals surface area contributed by atoms with E-state index in [0.29, 0.717) is 19.6 Å². The first-order valence-electron chi connectivity index (χ1n) is 7.85. The third-order valence-electron chi connectivity index (χ3n) is 4.29. The number of aliphatic hydroxyl groups is 1. The van der Waals surface area contributed by atoms with E-state index >= 15 is 0 Å². The first kappa shape index (κ1) is 16.5. The zero-order valence-corrected chi connectivity index (χ0v) is 13.5. The molecule has 3 rings (SSSR count). The average molecular weight is 331 g/mol. The van der Waals surface area contributed by atoms with Crippen LogP contribution >= 0.6 is 0 Å². The van der Waals surface area contributed by atoms with Gasteiger partial charge in [-0.05, 0) is 23.8 Å². The summed E-state index contributed by atoms with van der Waals surface area (Å²) in [5.41, 5.74) is 1.96. The Bertz CT molecular complexity index is 702. The summed E-state index contributed by atoms with van der Waals surface area (Å²) in [7, 11) is 1.62. The van der Waals surface area contributed by atoms with Crippen LogP contribution in [0.1, 0.15) is 17.5 Å². The van der Waals surface area contributed by atoms with Gasteiger partial charge in [0.25, 0.3) is 0 Å². The third kappa shape index (κ3) is 3.58. The van der Waals surface area contributed by atoms with Crippen molar-refractivity contribution in [1.29, 1.82) is 0 Å². The molecule has 2 N–H and O–H groups in total. The fraction of sp³-hybridized carbons (Fsp3) is 0.412. The molecular weight excluding hydrogens is 310 g/mol. The lowest BCUT2D eigenvalue weighted by Gasteiger charge is -2.21. The lowest BCUT2D eigenvalue weighted by molar-refractivity contribution is -0.142. The average Bonchev–Trinajstić information content (AvgIpc) is 3.17. The van der Waals surface area contributed by atoms with Crippen LogP contribution in [0.5, 0.6) is 5.75 Å². The summed E-state index contributed by atoms with van der Waals surface area (Å²) in [6.07, 6.45) is 3.28. The number of nitrogens with zero attached hydrogens (tertiary/aromatic N) is 3. The van der Waals surface area contributed by atoms with Crippen LogP contribution in [0.25, 0.3) is 0 Å². The second-order valence-corrected chi connectivity index (χ2v) is 6.02. The quantitative estimate of drug-likeness (QED) is 0.820. The SMILES string of the molecule is COc1ccc(CN2C[C@H](O)C[C@H]2C(=O)O)cc1Cn1cccn1. The highest BCUT2D eigenvalue weighted by Gasteiger charge is 2.35. The van der Waals surface area contributed by atoms with E-state index in [1.54, 1.807) is 22.9 Å². The standard InChI is InChI=1S/C17H21N3O4/c1-24-16-4-3-12(7-13(16)10-20-6-2-5-18-20)9-19-11-14(21)8-15(19)17(22)23/h2-7,14-15,21H,8-11H2,1H3,(H,22,23)/t14-,15+/m1/s1. The maximum Gasteiger partial charge on any atom is 0.321 e. The van der Waals surface area contributed by atoms with Crippen LogP contribution in [0.3, 0.4) is 0 Å². The van der Waals surface area contributed by atoms with E-state index < -0.39 is 18.1 Å². The maximum atomic E-state index is 11.3. The Kier molecular flexibility index (Phi) is 4.82. The molecule has 1 fully saturated rings. The molecule has 1 saturated heterocycles. The van der Waals surface area contributed by atoms with E-state index in [2.05, 4.69) is 5.10 Å². The van der Waals surface area contributed by atoms with Crippen LogP contribution in [0.15, 0.2) is 36.7 Å². The van der Waals surface area contributed by atoms with Crippen molar-refractivity contribution in [3.63, 3.8) is 0 Å². The fourth-order valence-corrected chi connectivity index (χ4v) is 3.17. The molecule has 24 heavy (non-hydrogen) atoms. The molecule has 0 amide bonds. The van der Waals surface area contributed by atoms with E-state index in [4.69, 9.17) is 4.74 Å². The largest absolute Gasteiger partial charge is 0.496 e. The van der Waals surface area contributed by atoms with Gasteiger partial charge in [-0.25, -0.2) is 0 Å². The minimum absolute atomic E-state index is 0.269. The molecule has 2 aromatic rings. The zero-order chi connectivity index (χ0) is 17.1. The molecule has 1 aromatic carbocycles. The topological polar surface area (TPSA) is 87.8 Å². The van der Waals surface area contributed by atoms with E-state index in [1.165, 1.54) is 0 Å². The van der Waals surface area contributed by atoms with Crippen molar-refractivity contribution in [2.45, 2.75) is 31.7 Å². The number of β-amino-alcohol motifs (C(OH)–C–C–N with tert-alkyl or cyclic N) is 1. The van der Waals surface area contributed by atoms with Crippen molar-refractivity contribution in [1.82, 2.24) is 14.7 Å². The van der Waals surface area contributed by atoms with Gasteiger partial charge in [-0.1, -0.05) is 6.07 Å². The van der Waals surface area contributed by atoms with Crippen LogP contribution in [0.4, 0.5) is 0 Å². The molecule has 0 bridgehead atoms. The first-order chi connectivity index (χ1) is 11.6. The van der Waals surface area contributed by atoms with Gasteiger partial charge >= 0.3 is 5.97 Å². The number of aliphatic hydroxyl groups excluding tert-OH is 1. The molecule has 1 aliphatic heterocycles. The number of likely N-dealkylation sites (tertiary alicyclic amines) is 1. The third-order valence-corrected chi connectivity index (χ3v) is 4.29. The Labute approximate surface area is 140 Å². The van der Waals surface area contributed by atoms with Crippen molar-refractivity contribution in [3.05, 3.63) is 47.8 Å². The smallest absolute Gasteiger partial charge is 0.321 e. The normalized spacial score (nSPS) is 21.1. The molecule has 7 nitrogen and oxygen atoms in total. The van der Waals surface area contributed by atoms with Gasteiger partial charge in [-0.3, -0.25) is 14.4 Å². The second-order valence-electron chi connectivity index (χ2n) is 6.02. The summed E-state index contributed by atoms with van der Waals surface area (Å²) in [6.45, 7) is 1.43. The number of benzene rings is 1. The van der Waals surface area contributed by atoms with Crippen molar-refractivity contribution < 1.29 is 19.7 Å². The van der Waals surface area contributed by atoms with Crippen LogP contribution in [0, 0.1) is 0 Å². The van der Waals surface area contributed by atoms with E-state index in [0.717, 1.165) is 16.9 Å². The molecule has 128 valence electrons. The van der Waals surface area contributed by atoms with Gasteiger partial charge in [0.1, 0.15) is 11.8 Å². The highest BCUT2D eigenvalue weighted by atomic mass is 16.5. The number of rotatable bonds is 6. The first-order valence-corrected chi connectivity index (χ1v) is 7.85. The number of carbonyl (C=O) groups is 1. The Morgan fingerprint density at radius 2 is 2.25 bits per heavy atom. The Balaban J connectivity index is 1.79. The number of aromatic nitrogens is 2. The van der Waals surface area contributed by atoms with E-state index in [-0.39, 0.29) is 6.42 Å². The lowest BCUT2D eigenvalue weighted by Crippen LogP contribution is -2.35. The Morgan fingerprint density at radius 1 is 1.42 bits per heavy atom. The molecular formula is C17H21N3O4. The number of hydrogen-bond acceptors (Lipinski definition) is 5. The maximum absolute atomic E-state index is 11.3. The number of carboxylic acid groups (broad SMARTS) is 1. The van der Waals surface area contributed by atoms with Gasteiger partial charge in [-0.15, -0.1) is 0 Å². The van der Waals surface area contributed by atoms with Crippen molar-refractivity contribution >= 4 is 5.97 Å². The van der Waals surface area contributed by atoms with Crippen LogP contribution < -0.4 is 4.74 Å². The summed E-state index contributed by atoms with van der Waals surface area (Å²) in [5.74, 6) is -0.123. The predicted octanol–water partition coefficient (Wildman–Crippen LogP) is 0.960. The summed E-state index contributed by atoms with van der Waals surface area (Å²) in [5, 5.41) is 23.3. The number of ether oxygens (including phenoxy) is 1. The number of hydrogen-bond donors (Lipinski definition) is 2. The fourth-order valence-electron chi connectivity index (χ4n) is 3.17. The molecule has 7 heteroatoms. The molecule has 2 atom stereocenters. The molecule has 0 saturated carbocycles. The minimum Gasteiger partial charge on any atom is -0.496 e. The van der Waals surface area contributed by atoms with Gasteiger partial charge in [0.2, 0.25) is 0 Å². The predicted molar refractivity (Wildman–Crippen MR) is 86.8 cm³/mol. The molecule has 0 aliphatic carbocycles. The summed E-state index contributed by atoms with van der Waals surface area (Å²) >= 11 is 0. The van der Waals surface area contributed by atoms with Crippen molar-refractivity contribution in [3.8, 4) is 5.75 Å². The van der Waals surface area contributed by atoms with Crippen LogP contribution in [0.2, 0.25) is 0 Å². The Morgan fingerprint density at radius 3 is 2.92 bits per heavy atom. The summed E-state index contributed by atoms with van der Waals surface area (Å²) < 4.78 is 7.21. The molecule has 0 radical (unpaired) electrons. The van der Waals surface area contributed by atoms with Crippen molar-refractivity contribution in [2.75, 3.05) is 13.7 Å².